The van der Waals surface area contributed by atoms with Gasteiger partial charge in [0, 0.05) is 0 Å². The standard InChI is InChI=1S/CH2BO3/c1-2-4-5-3-1/h1H2. The molecule has 1 fully saturated rings. The van der Waals surface area contributed by atoms with Gasteiger partial charge in [0.25, 0.3) is 0 Å². The number of rotatable bonds is 0. The molecule has 0 amide bonds. The largest absolute Gasteiger partial charge is 0.380 e. The van der Waals surface area contributed by atoms with Crippen molar-refractivity contribution in [2.45, 2.75) is 0 Å². The van der Waals surface area contributed by atoms with Gasteiger partial charge in [0.15, 0.2) is 0 Å². The van der Waals surface area contributed by atoms with Crippen molar-refractivity contribution in [3.05, 3.63) is 0 Å². The fourth-order valence-corrected chi connectivity index (χ4v) is 0.139. The van der Waals surface area contributed by atoms with E-state index in [1.54, 1.807) is 0 Å². The normalized spacial score (nSPS) is 22.4. The zero-order valence-corrected chi connectivity index (χ0v) is 2.51. The Morgan fingerprint density at radius 2 is 2.60 bits per heavy atom. The van der Waals surface area contributed by atoms with Crippen molar-refractivity contribution in [2.24, 2.45) is 0 Å². The molecular formula is CH2BO3. The van der Waals surface area contributed by atoms with Crippen molar-refractivity contribution >= 4 is 7.48 Å². The maximum absolute atomic E-state index is 4.17. The van der Waals surface area contributed by atoms with E-state index in [0.29, 0.717) is 6.51 Å². The molecule has 0 aromatic carbocycles. The SMILES string of the molecule is [B]1COOO1. The van der Waals surface area contributed by atoms with Crippen molar-refractivity contribution in [3.63, 3.8) is 0 Å². The van der Waals surface area contributed by atoms with Crippen molar-refractivity contribution in [1.29, 1.82) is 0 Å². The molecule has 0 saturated carbocycles. The van der Waals surface area contributed by atoms with Crippen molar-refractivity contribution in [2.75, 3.05) is 6.51 Å². The zero-order chi connectivity index (χ0) is 3.54. The second kappa shape index (κ2) is 1.40. The van der Waals surface area contributed by atoms with Crippen molar-refractivity contribution in [1.82, 2.24) is 0 Å². The summed E-state index contributed by atoms with van der Waals surface area (Å²) in [6.07, 6.45) is 0. The molecule has 0 aromatic rings. The summed E-state index contributed by atoms with van der Waals surface area (Å²) in [5.74, 6) is 0. The average Bonchev–Trinajstić information content (AvgIpc) is 1.76. The van der Waals surface area contributed by atoms with Crippen molar-refractivity contribution in [3.8, 4) is 0 Å². The van der Waals surface area contributed by atoms with Crippen LogP contribution in [0.3, 0.4) is 0 Å². The Balaban J connectivity index is 2.08. The van der Waals surface area contributed by atoms with Gasteiger partial charge in [0.2, 0.25) is 0 Å². The predicted octanol–water partition coefficient (Wildman–Crippen LogP) is -0.544. The van der Waals surface area contributed by atoms with Crippen LogP contribution in [-0.2, 0) is 14.7 Å². The minimum absolute atomic E-state index is 0.431. The van der Waals surface area contributed by atoms with E-state index >= 15 is 0 Å². The summed E-state index contributed by atoms with van der Waals surface area (Å²) < 4.78 is 0. The van der Waals surface area contributed by atoms with Crippen LogP contribution in [0.15, 0.2) is 0 Å². The van der Waals surface area contributed by atoms with E-state index in [9.17, 15) is 0 Å². The third kappa shape index (κ3) is 0.610. The first-order valence-electron chi connectivity index (χ1n) is 1.27. The molecule has 5 heavy (non-hydrogen) atoms. The smallest absolute Gasteiger partial charge is 0.278 e. The third-order valence-corrected chi connectivity index (χ3v) is 0.292. The lowest BCUT2D eigenvalue weighted by Crippen LogP contribution is -1.86. The minimum Gasteiger partial charge on any atom is -0.278 e. The average molecular weight is 72.8 g/mol. The van der Waals surface area contributed by atoms with Crippen molar-refractivity contribution < 1.29 is 14.7 Å². The lowest BCUT2D eigenvalue weighted by Gasteiger charge is -1.77. The van der Waals surface area contributed by atoms with Crippen LogP contribution >= 0.6 is 0 Å². The Morgan fingerprint density at radius 3 is 2.80 bits per heavy atom. The summed E-state index contributed by atoms with van der Waals surface area (Å²) in [4.78, 5) is 8.26. The molecule has 1 heterocycles. The first-order valence-corrected chi connectivity index (χ1v) is 1.27. The summed E-state index contributed by atoms with van der Waals surface area (Å²) in [6.45, 7) is 0.431. The second-order valence-electron chi connectivity index (χ2n) is 0.615. The van der Waals surface area contributed by atoms with Gasteiger partial charge in [-0.15, -0.1) is 0 Å². The Labute approximate surface area is 30.0 Å². The fourth-order valence-electron chi connectivity index (χ4n) is 0.139. The van der Waals surface area contributed by atoms with E-state index in [-0.39, 0.29) is 0 Å². The van der Waals surface area contributed by atoms with Gasteiger partial charge in [-0.05, 0) is 0 Å². The van der Waals surface area contributed by atoms with Gasteiger partial charge >= 0.3 is 7.48 Å². The summed E-state index contributed by atoms with van der Waals surface area (Å²) in [7, 11) is 1.42. The maximum Gasteiger partial charge on any atom is 0.380 e. The first-order chi connectivity index (χ1) is 2.50. The molecule has 1 aliphatic heterocycles. The number of hydrogen-bond donors (Lipinski definition) is 0. The van der Waals surface area contributed by atoms with Gasteiger partial charge in [-0.1, -0.05) is 5.04 Å². The highest BCUT2D eigenvalue weighted by atomic mass is 17.5. The van der Waals surface area contributed by atoms with Crippen LogP contribution in [0.25, 0.3) is 0 Å². The summed E-state index contributed by atoms with van der Waals surface area (Å²) >= 11 is 0. The van der Waals surface area contributed by atoms with E-state index in [0.717, 1.165) is 0 Å². The minimum atomic E-state index is 0.431. The Bertz CT molecular complexity index is 18.5. The van der Waals surface area contributed by atoms with Gasteiger partial charge in [-0.3, -0.25) is 4.81 Å². The van der Waals surface area contributed by atoms with Crippen LogP contribution in [0.5, 0.6) is 0 Å². The highest BCUT2D eigenvalue weighted by Crippen LogP contribution is 1.85. The lowest BCUT2D eigenvalue weighted by molar-refractivity contribution is -0.433. The molecule has 0 unspecified atom stereocenters. The molecule has 1 aliphatic rings. The maximum atomic E-state index is 4.17. The molecule has 0 aromatic heterocycles. The first kappa shape index (κ1) is 3.15. The molecule has 4 heteroatoms. The highest BCUT2D eigenvalue weighted by molar-refractivity contribution is 6.26. The summed E-state index contributed by atoms with van der Waals surface area (Å²) in [5, 5.41) is 3.89. The molecule has 0 N–H and O–H groups in total. The Hall–Kier alpha value is -0.0551. The van der Waals surface area contributed by atoms with E-state index < -0.39 is 0 Å². The fraction of sp³-hybridized carbons (Fsp3) is 1.00. The monoisotopic (exact) mass is 73.0 g/mol. The summed E-state index contributed by atoms with van der Waals surface area (Å²) in [6, 6.07) is 0. The molecule has 0 spiro atoms. The Morgan fingerprint density at radius 1 is 1.60 bits per heavy atom. The van der Waals surface area contributed by atoms with Crippen LogP contribution in [0.2, 0.25) is 0 Å². The van der Waals surface area contributed by atoms with Gasteiger partial charge in [0.05, 0.1) is 6.51 Å². The third-order valence-electron chi connectivity index (χ3n) is 0.292. The van der Waals surface area contributed by atoms with Gasteiger partial charge in [0.1, 0.15) is 0 Å². The second-order valence-corrected chi connectivity index (χ2v) is 0.615. The predicted molar refractivity (Wildman–Crippen MR) is 13.9 cm³/mol. The van der Waals surface area contributed by atoms with Crippen LogP contribution in [0, 0.1) is 0 Å². The van der Waals surface area contributed by atoms with E-state index in [4.69, 9.17) is 0 Å². The topological polar surface area (TPSA) is 27.7 Å². The lowest BCUT2D eigenvalue weighted by atomic mass is 10.1. The van der Waals surface area contributed by atoms with Crippen LogP contribution in [0.4, 0.5) is 0 Å². The van der Waals surface area contributed by atoms with Crippen LogP contribution in [0.1, 0.15) is 0 Å². The quantitative estimate of drug-likeness (QED) is 0.284. The van der Waals surface area contributed by atoms with E-state index in [1.165, 1.54) is 7.48 Å². The molecule has 3 nitrogen and oxygen atoms in total. The molecule has 1 radical (unpaired) electrons. The molecule has 1 saturated heterocycles. The molecule has 0 bridgehead atoms. The van der Waals surface area contributed by atoms with E-state index in [1.807, 2.05) is 0 Å². The molecular weight excluding hydrogens is 70.8 g/mol. The number of hydrogen-bond acceptors (Lipinski definition) is 3. The molecule has 27 valence electrons. The molecule has 0 aliphatic carbocycles. The summed E-state index contributed by atoms with van der Waals surface area (Å²) in [5.41, 5.74) is 0. The van der Waals surface area contributed by atoms with Crippen LogP contribution in [-0.4, -0.2) is 14.0 Å². The molecule has 0 atom stereocenters. The van der Waals surface area contributed by atoms with Crippen LogP contribution < -0.4 is 0 Å². The highest BCUT2D eigenvalue weighted by Gasteiger charge is 2.01. The van der Waals surface area contributed by atoms with Gasteiger partial charge in [-0.25, -0.2) is 4.89 Å². The van der Waals surface area contributed by atoms with Gasteiger partial charge in [-0.2, -0.15) is 0 Å². The molecule has 1 rings (SSSR count). The van der Waals surface area contributed by atoms with E-state index in [2.05, 4.69) is 14.7 Å². The Kier molecular flexibility index (Phi) is 0.881. The zero-order valence-electron chi connectivity index (χ0n) is 2.51. The van der Waals surface area contributed by atoms with Gasteiger partial charge < -0.3 is 0 Å².